The Kier molecular flexibility index (Phi) is 4.29. The monoisotopic (exact) mass is 218 g/mol. The molecule has 0 bridgehead atoms. The van der Waals surface area contributed by atoms with Crippen molar-refractivity contribution in [3.8, 4) is 0 Å². The summed E-state index contributed by atoms with van der Waals surface area (Å²) in [6, 6.07) is -0.682. The minimum atomic E-state index is -1.40. The highest BCUT2D eigenvalue weighted by atomic mass is 35.5. The molecule has 3 nitrogen and oxygen atoms in total. The minimum Gasteiger partial charge on any atom is -0.351 e. The predicted octanol–water partition coefficient (Wildman–Crippen LogP) is 1.76. The quantitative estimate of drug-likeness (QED) is 0.571. The van der Waals surface area contributed by atoms with Crippen LogP contribution in [-0.2, 0) is 0 Å². The lowest BCUT2D eigenvalue weighted by Crippen LogP contribution is -2.48. The third-order valence-electron chi connectivity index (χ3n) is 1.14. The second kappa shape index (κ2) is 4.24. The Balaban J connectivity index is 4.36. The second-order valence-corrected chi connectivity index (χ2v) is 3.59. The first-order chi connectivity index (χ1) is 4.95. The van der Waals surface area contributed by atoms with Gasteiger partial charge < -0.3 is 5.73 Å². The maximum absolute atomic E-state index is 10.7. The van der Waals surface area contributed by atoms with Crippen molar-refractivity contribution in [2.24, 2.45) is 5.73 Å². The van der Waals surface area contributed by atoms with Gasteiger partial charge in [0.15, 0.2) is 0 Å². The minimum absolute atomic E-state index is 0.0765. The Bertz CT molecular complexity index is 151. The van der Waals surface area contributed by atoms with Gasteiger partial charge in [0, 0.05) is 6.54 Å². The number of primary amides is 1. The Morgan fingerprint density at radius 2 is 2.09 bits per heavy atom. The molecule has 0 aliphatic heterocycles. The van der Waals surface area contributed by atoms with Crippen molar-refractivity contribution in [2.75, 3.05) is 12.4 Å². The number of hydrogen-bond acceptors (Lipinski definition) is 1. The lowest BCUT2D eigenvalue weighted by atomic mass is 10.5. The smallest absolute Gasteiger partial charge is 0.317 e. The molecule has 0 unspecified atom stereocenters. The molecular formula is C5H9Cl3N2O. The van der Waals surface area contributed by atoms with E-state index >= 15 is 0 Å². The molecular weight excluding hydrogens is 210 g/mol. The topological polar surface area (TPSA) is 46.3 Å². The third-order valence-corrected chi connectivity index (χ3v) is 2.47. The van der Waals surface area contributed by atoms with E-state index < -0.39 is 10.5 Å². The maximum Gasteiger partial charge on any atom is 0.317 e. The van der Waals surface area contributed by atoms with Crippen LogP contribution in [0, 0.1) is 0 Å². The lowest BCUT2D eigenvalue weighted by Gasteiger charge is -2.29. The van der Waals surface area contributed by atoms with Crippen LogP contribution in [-0.4, -0.2) is 27.8 Å². The molecule has 0 aliphatic carbocycles. The molecule has 0 aromatic heterocycles. The summed E-state index contributed by atoms with van der Waals surface area (Å²) in [5, 5.41) is 0. The van der Waals surface area contributed by atoms with Crippen LogP contribution in [0.5, 0.6) is 0 Å². The van der Waals surface area contributed by atoms with Gasteiger partial charge in [0.25, 0.3) is 0 Å². The van der Waals surface area contributed by atoms with Gasteiger partial charge in [-0.1, -0.05) is 23.2 Å². The molecule has 0 aliphatic rings. The molecule has 0 aromatic carbocycles. The van der Waals surface area contributed by atoms with E-state index in [2.05, 4.69) is 0 Å². The number of carbonyl (C=O) groups is 1. The molecule has 0 spiro atoms. The zero-order valence-corrected chi connectivity index (χ0v) is 8.25. The molecule has 0 heterocycles. The van der Waals surface area contributed by atoms with Gasteiger partial charge in [-0.05, 0) is 6.92 Å². The van der Waals surface area contributed by atoms with Crippen LogP contribution in [0.15, 0.2) is 0 Å². The molecule has 2 N–H and O–H groups in total. The standard InChI is InChI=1S/C5H9Cl3N2O/c1-2-10(4(9)11)5(7,8)3-6/h2-3H2,1H3,(H2,9,11). The highest BCUT2D eigenvalue weighted by molar-refractivity contribution is 6.51. The summed E-state index contributed by atoms with van der Waals surface area (Å²) in [5.74, 6) is -0.0765. The van der Waals surface area contributed by atoms with Gasteiger partial charge in [-0.15, -0.1) is 11.6 Å². The highest BCUT2D eigenvalue weighted by Gasteiger charge is 2.32. The molecule has 66 valence electrons. The van der Waals surface area contributed by atoms with E-state index in [0.717, 1.165) is 4.90 Å². The van der Waals surface area contributed by atoms with Crippen molar-refractivity contribution < 1.29 is 4.79 Å². The van der Waals surface area contributed by atoms with Crippen molar-refractivity contribution in [1.29, 1.82) is 0 Å². The number of nitrogens with two attached hydrogens (primary N) is 1. The zero-order chi connectivity index (χ0) is 9.07. The molecule has 0 aromatic rings. The summed E-state index contributed by atoms with van der Waals surface area (Å²) in [7, 11) is 0. The Morgan fingerprint density at radius 1 is 1.64 bits per heavy atom. The van der Waals surface area contributed by atoms with Crippen LogP contribution in [0.3, 0.4) is 0 Å². The number of urea groups is 1. The van der Waals surface area contributed by atoms with Gasteiger partial charge in [-0.25, -0.2) is 4.79 Å². The first-order valence-corrected chi connectivity index (χ1v) is 4.25. The maximum atomic E-state index is 10.7. The molecule has 11 heavy (non-hydrogen) atoms. The van der Waals surface area contributed by atoms with Crippen LogP contribution < -0.4 is 5.73 Å². The Labute approximate surface area is 80.4 Å². The van der Waals surface area contributed by atoms with E-state index in [1.54, 1.807) is 6.92 Å². The van der Waals surface area contributed by atoms with E-state index in [1.807, 2.05) is 0 Å². The summed E-state index contributed by atoms with van der Waals surface area (Å²) >= 11 is 16.7. The van der Waals surface area contributed by atoms with Crippen molar-refractivity contribution in [2.45, 2.75) is 11.4 Å². The fourth-order valence-electron chi connectivity index (χ4n) is 0.621. The first kappa shape index (κ1) is 11.1. The van der Waals surface area contributed by atoms with E-state index in [9.17, 15) is 4.79 Å². The fourth-order valence-corrected chi connectivity index (χ4v) is 1.17. The van der Waals surface area contributed by atoms with Gasteiger partial charge in [0.05, 0.1) is 5.88 Å². The Morgan fingerprint density at radius 3 is 2.18 bits per heavy atom. The second-order valence-electron chi connectivity index (χ2n) is 1.88. The van der Waals surface area contributed by atoms with E-state index in [-0.39, 0.29) is 5.88 Å². The number of nitrogens with zero attached hydrogens (tertiary/aromatic N) is 1. The SMILES string of the molecule is CCN(C(N)=O)C(Cl)(Cl)CCl. The van der Waals surface area contributed by atoms with Crippen molar-refractivity contribution in [3.63, 3.8) is 0 Å². The van der Waals surface area contributed by atoms with Crippen molar-refractivity contribution >= 4 is 40.8 Å². The summed E-state index contributed by atoms with van der Waals surface area (Å²) in [6.07, 6.45) is 0. The number of alkyl halides is 3. The number of carbonyl (C=O) groups excluding carboxylic acids is 1. The highest BCUT2D eigenvalue weighted by Crippen LogP contribution is 2.26. The summed E-state index contributed by atoms with van der Waals surface area (Å²) in [4.78, 5) is 11.7. The van der Waals surface area contributed by atoms with E-state index in [4.69, 9.17) is 40.5 Å². The van der Waals surface area contributed by atoms with Crippen LogP contribution in [0.25, 0.3) is 0 Å². The lowest BCUT2D eigenvalue weighted by molar-refractivity contribution is 0.201. The molecule has 0 radical (unpaired) electrons. The largest absolute Gasteiger partial charge is 0.351 e. The number of halogens is 3. The van der Waals surface area contributed by atoms with E-state index in [1.165, 1.54) is 0 Å². The van der Waals surface area contributed by atoms with Gasteiger partial charge >= 0.3 is 6.03 Å². The van der Waals surface area contributed by atoms with Gasteiger partial charge in [0.2, 0.25) is 4.46 Å². The summed E-state index contributed by atoms with van der Waals surface area (Å²) in [5.41, 5.74) is 4.97. The molecule has 0 rings (SSSR count). The normalized spacial score (nSPS) is 11.3. The van der Waals surface area contributed by atoms with Crippen molar-refractivity contribution in [3.05, 3.63) is 0 Å². The predicted molar refractivity (Wildman–Crippen MR) is 47.1 cm³/mol. The number of rotatable bonds is 3. The summed E-state index contributed by atoms with van der Waals surface area (Å²) in [6.45, 7) is 2.03. The number of amides is 2. The van der Waals surface area contributed by atoms with Crippen LogP contribution in [0.1, 0.15) is 6.92 Å². The van der Waals surface area contributed by atoms with Crippen LogP contribution in [0.4, 0.5) is 4.79 Å². The van der Waals surface area contributed by atoms with Gasteiger partial charge in [-0.3, -0.25) is 4.90 Å². The van der Waals surface area contributed by atoms with E-state index in [0.29, 0.717) is 6.54 Å². The molecule has 0 fully saturated rings. The molecule has 0 saturated heterocycles. The van der Waals surface area contributed by atoms with Gasteiger partial charge in [-0.2, -0.15) is 0 Å². The fraction of sp³-hybridized carbons (Fsp3) is 0.800. The molecule has 0 saturated carbocycles. The first-order valence-electron chi connectivity index (χ1n) is 2.96. The molecule has 6 heteroatoms. The third kappa shape index (κ3) is 2.93. The summed E-state index contributed by atoms with van der Waals surface area (Å²) < 4.78 is -1.40. The Hall–Kier alpha value is 0.140. The zero-order valence-electron chi connectivity index (χ0n) is 5.98. The van der Waals surface area contributed by atoms with Crippen LogP contribution >= 0.6 is 34.8 Å². The molecule has 0 atom stereocenters. The molecule has 2 amide bonds. The average molecular weight is 219 g/mol. The van der Waals surface area contributed by atoms with Crippen LogP contribution in [0.2, 0.25) is 0 Å². The number of hydrogen-bond donors (Lipinski definition) is 1. The van der Waals surface area contributed by atoms with Gasteiger partial charge in [0.1, 0.15) is 0 Å². The average Bonchev–Trinajstić information content (AvgIpc) is 1.88. The van der Waals surface area contributed by atoms with Crippen molar-refractivity contribution in [1.82, 2.24) is 4.90 Å².